The van der Waals surface area contributed by atoms with Crippen LogP contribution < -0.4 is 4.74 Å². The Hall–Kier alpha value is -2.30. The fraction of sp³-hybridized carbons (Fsp3) is 0.375. The Bertz CT molecular complexity index is 983. The molecule has 5 rings (SSSR count). The molecule has 4 atom stereocenters. The third-order valence-electron chi connectivity index (χ3n) is 6.81. The lowest BCUT2D eigenvalue weighted by Crippen LogP contribution is -2.44. The van der Waals surface area contributed by atoms with Crippen molar-refractivity contribution in [3.63, 3.8) is 0 Å². The van der Waals surface area contributed by atoms with Crippen molar-refractivity contribution in [3.8, 4) is 17.0 Å². The van der Waals surface area contributed by atoms with Crippen LogP contribution in [0, 0.1) is 0 Å². The second-order valence-corrected chi connectivity index (χ2v) is 8.66. The molecule has 2 aliphatic heterocycles. The number of halogens is 1. The maximum Gasteiger partial charge on any atom is 0.142 e. The summed E-state index contributed by atoms with van der Waals surface area (Å²) in [4.78, 5) is 2.55. The molecule has 150 valence electrons. The number of likely N-dealkylation sites (N-methyl/N-ethyl adjacent to an activating group) is 1. The number of hydrogen-bond acceptors (Lipinski definition) is 4. The molecule has 0 N–H and O–H groups in total. The van der Waals surface area contributed by atoms with Crippen LogP contribution in [0.4, 0.5) is 0 Å². The predicted octanol–water partition coefficient (Wildman–Crippen LogP) is 5.74. The summed E-state index contributed by atoms with van der Waals surface area (Å²) < 4.78 is 11.2. The Balaban J connectivity index is 1.50. The lowest BCUT2D eigenvalue weighted by molar-refractivity contribution is 0.122. The van der Waals surface area contributed by atoms with Crippen LogP contribution in [0.3, 0.4) is 0 Å². The Morgan fingerprint density at radius 2 is 1.83 bits per heavy atom. The maximum absolute atomic E-state index is 6.14. The summed E-state index contributed by atoms with van der Waals surface area (Å²) in [5, 5.41) is 5.19. The Labute approximate surface area is 176 Å². The highest BCUT2D eigenvalue weighted by Gasteiger charge is 2.48. The first-order chi connectivity index (χ1) is 14.1. The molecule has 0 aliphatic carbocycles. The molecule has 1 aromatic heterocycles. The Morgan fingerprint density at radius 1 is 1.07 bits per heavy atom. The van der Waals surface area contributed by atoms with Gasteiger partial charge in [-0.25, -0.2) is 0 Å². The van der Waals surface area contributed by atoms with Gasteiger partial charge in [-0.3, -0.25) is 4.90 Å². The summed E-state index contributed by atoms with van der Waals surface area (Å²) in [6.07, 6.45) is 3.59. The van der Waals surface area contributed by atoms with Gasteiger partial charge in [0.1, 0.15) is 17.2 Å². The van der Waals surface area contributed by atoms with Crippen molar-refractivity contribution in [1.29, 1.82) is 0 Å². The lowest BCUT2D eigenvalue weighted by atomic mass is 9.75. The molecular weight excluding hydrogens is 384 g/mol. The summed E-state index contributed by atoms with van der Waals surface area (Å²) in [7, 11) is 3.93. The average molecular weight is 409 g/mol. The van der Waals surface area contributed by atoms with Crippen LogP contribution in [-0.2, 0) is 0 Å². The van der Waals surface area contributed by atoms with Crippen molar-refractivity contribution in [2.45, 2.75) is 43.2 Å². The average Bonchev–Trinajstić information content (AvgIpc) is 3.31. The largest absolute Gasteiger partial charge is 0.497 e. The third kappa shape index (κ3) is 3.34. The van der Waals surface area contributed by atoms with Gasteiger partial charge in [0.05, 0.1) is 7.11 Å². The van der Waals surface area contributed by atoms with Crippen molar-refractivity contribution in [2.75, 3.05) is 14.2 Å². The minimum absolute atomic E-state index is 0.291. The molecule has 2 aromatic carbocycles. The van der Waals surface area contributed by atoms with Crippen LogP contribution in [0.25, 0.3) is 11.3 Å². The number of aromatic nitrogens is 1. The van der Waals surface area contributed by atoms with E-state index < -0.39 is 0 Å². The fourth-order valence-corrected chi connectivity index (χ4v) is 5.38. The van der Waals surface area contributed by atoms with Gasteiger partial charge in [-0.2, -0.15) is 0 Å². The standard InChI is InChI=1S/C24H25ClN2O2/c1-27-18-9-12-22(27)24(20(13-18)15-3-7-17(25)8-4-15)23-14-21(26-29-23)16-5-10-19(28-2)11-6-16/h3-8,10-11,14,18,20,22,24H,9,12-13H2,1-2H3/t18-,20-,22?,24+/m1/s1. The van der Waals surface area contributed by atoms with E-state index in [0.29, 0.717) is 23.9 Å². The van der Waals surface area contributed by atoms with E-state index in [1.807, 2.05) is 36.4 Å². The number of rotatable bonds is 4. The SMILES string of the molecule is COc1ccc(-c2cc([C@@H]3C4CC[C@H](C[C@@H]3c3ccc(Cl)cc3)N4C)on2)cc1. The molecule has 0 saturated carbocycles. The molecule has 2 fully saturated rings. The van der Waals surface area contributed by atoms with E-state index in [0.717, 1.165) is 34.2 Å². The molecule has 4 nitrogen and oxygen atoms in total. The van der Waals surface area contributed by atoms with E-state index >= 15 is 0 Å². The molecule has 0 spiro atoms. The lowest BCUT2D eigenvalue weighted by Gasteiger charge is -2.42. The van der Waals surface area contributed by atoms with E-state index in [1.54, 1.807) is 7.11 Å². The molecule has 2 saturated heterocycles. The monoisotopic (exact) mass is 408 g/mol. The summed E-state index contributed by atoms with van der Waals surface area (Å²) in [6, 6.07) is 19.5. The third-order valence-corrected chi connectivity index (χ3v) is 7.06. The van der Waals surface area contributed by atoms with Gasteiger partial charge in [-0.05, 0) is 74.2 Å². The number of methoxy groups -OCH3 is 1. The van der Waals surface area contributed by atoms with Gasteiger partial charge in [-0.1, -0.05) is 28.9 Å². The first kappa shape index (κ1) is 18.7. The minimum Gasteiger partial charge on any atom is -0.497 e. The quantitative estimate of drug-likeness (QED) is 0.552. The van der Waals surface area contributed by atoms with Crippen LogP contribution >= 0.6 is 11.6 Å². The predicted molar refractivity (Wildman–Crippen MR) is 115 cm³/mol. The second-order valence-electron chi connectivity index (χ2n) is 8.23. The number of benzene rings is 2. The maximum atomic E-state index is 6.14. The Morgan fingerprint density at radius 3 is 2.55 bits per heavy atom. The minimum atomic E-state index is 0.291. The van der Waals surface area contributed by atoms with Crippen LogP contribution in [0.5, 0.6) is 5.75 Å². The van der Waals surface area contributed by atoms with Crippen molar-refractivity contribution < 1.29 is 9.26 Å². The first-order valence-corrected chi connectivity index (χ1v) is 10.6. The molecule has 3 heterocycles. The summed E-state index contributed by atoms with van der Waals surface area (Å²) >= 11 is 6.14. The molecule has 0 amide bonds. The summed E-state index contributed by atoms with van der Waals surface area (Å²) in [6.45, 7) is 0. The van der Waals surface area contributed by atoms with Crippen molar-refractivity contribution in [1.82, 2.24) is 10.1 Å². The van der Waals surface area contributed by atoms with E-state index in [1.165, 1.54) is 18.4 Å². The Kier molecular flexibility index (Phi) is 4.84. The topological polar surface area (TPSA) is 38.5 Å². The van der Waals surface area contributed by atoms with Crippen LogP contribution in [0.1, 0.15) is 42.4 Å². The summed E-state index contributed by atoms with van der Waals surface area (Å²) in [5.41, 5.74) is 3.25. The molecule has 0 radical (unpaired) electrons. The van der Waals surface area contributed by atoms with Gasteiger partial charge in [-0.15, -0.1) is 0 Å². The van der Waals surface area contributed by atoms with E-state index in [4.69, 9.17) is 20.9 Å². The highest BCUT2D eigenvalue weighted by Crippen LogP contribution is 2.51. The van der Waals surface area contributed by atoms with Gasteiger partial charge in [0, 0.05) is 34.7 Å². The number of hydrogen-bond donors (Lipinski definition) is 0. The highest BCUT2D eigenvalue weighted by atomic mass is 35.5. The number of nitrogens with zero attached hydrogens (tertiary/aromatic N) is 2. The van der Waals surface area contributed by atoms with Gasteiger partial charge in [0.15, 0.2) is 0 Å². The smallest absolute Gasteiger partial charge is 0.142 e. The van der Waals surface area contributed by atoms with Crippen molar-refractivity contribution >= 4 is 11.6 Å². The molecule has 3 aromatic rings. The van der Waals surface area contributed by atoms with Crippen LogP contribution in [0.2, 0.25) is 5.02 Å². The summed E-state index contributed by atoms with van der Waals surface area (Å²) in [5.74, 6) is 2.52. The second kappa shape index (κ2) is 7.51. The van der Waals surface area contributed by atoms with Gasteiger partial charge in [0.2, 0.25) is 0 Å². The molecule has 29 heavy (non-hydrogen) atoms. The van der Waals surface area contributed by atoms with E-state index in [9.17, 15) is 0 Å². The van der Waals surface area contributed by atoms with Crippen molar-refractivity contribution in [2.24, 2.45) is 0 Å². The molecule has 5 heteroatoms. The molecule has 2 aliphatic rings. The molecule has 2 bridgehead atoms. The van der Waals surface area contributed by atoms with Crippen LogP contribution in [-0.4, -0.2) is 36.3 Å². The van der Waals surface area contributed by atoms with Gasteiger partial charge in [0.25, 0.3) is 0 Å². The number of fused-ring (bicyclic) bond motifs is 2. The molecule has 1 unspecified atom stereocenters. The highest BCUT2D eigenvalue weighted by molar-refractivity contribution is 6.30. The first-order valence-electron chi connectivity index (χ1n) is 10.2. The van der Waals surface area contributed by atoms with E-state index in [2.05, 4.69) is 35.3 Å². The van der Waals surface area contributed by atoms with Gasteiger partial charge < -0.3 is 9.26 Å². The number of piperidine rings is 1. The fourth-order valence-electron chi connectivity index (χ4n) is 5.25. The number of ether oxygens (including phenoxy) is 1. The zero-order valence-electron chi connectivity index (χ0n) is 16.7. The van der Waals surface area contributed by atoms with Crippen molar-refractivity contribution in [3.05, 3.63) is 70.9 Å². The molecular formula is C24H25ClN2O2. The van der Waals surface area contributed by atoms with Gasteiger partial charge >= 0.3 is 0 Å². The van der Waals surface area contributed by atoms with Crippen LogP contribution in [0.15, 0.2) is 59.1 Å². The normalized spacial score (nSPS) is 26.6. The zero-order chi connectivity index (χ0) is 20.0. The van der Waals surface area contributed by atoms with E-state index in [-0.39, 0.29) is 0 Å². The zero-order valence-corrected chi connectivity index (χ0v) is 17.5.